The molecule has 0 aliphatic carbocycles. The van der Waals surface area contributed by atoms with Crippen molar-refractivity contribution in [2.45, 2.75) is 6.54 Å². The normalized spacial score (nSPS) is 9.89. The van der Waals surface area contributed by atoms with Crippen molar-refractivity contribution in [3.05, 3.63) is 12.3 Å². The zero-order chi connectivity index (χ0) is 6.69. The fourth-order valence-electron chi connectivity index (χ4n) is 0.589. The van der Waals surface area contributed by atoms with Crippen LogP contribution in [0.25, 0.3) is 0 Å². The molecule has 0 spiro atoms. The van der Waals surface area contributed by atoms with Gasteiger partial charge in [-0.3, -0.25) is 4.68 Å². The minimum atomic E-state index is -0.402. The number of rotatable bonds is 2. The number of hydrogen-bond acceptors (Lipinski definition) is 1. The van der Waals surface area contributed by atoms with Crippen LogP contribution in [0.2, 0.25) is 0 Å². The molecular formula is C5H6BFN2. The summed E-state index contributed by atoms with van der Waals surface area (Å²) in [5.74, 6) is 0. The molecule has 2 nitrogen and oxygen atoms in total. The highest BCUT2D eigenvalue weighted by Crippen LogP contribution is 1.80. The van der Waals surface area contributed by atoms with Crippen LogP contribution < -0.4 is 5.59 Å². The van der Waals surface area contributed by atoms with Crippen LogP contribution in [-0.2, 0) is 6.54 Å². The summed E-state index contributed by atoms with van der Waals surface area (Å²) in [6.07, 6.45) is 1.65. The Hall–Kier alpha value is -0.795. The first kappa shape index (κ1) is 6.33. The molecule has 1 aromatic heterocycles. The van der Waals surface area contributed by atoms with Gasteiger partial charge in [0.15, 0.2) is 0 Å². The third-order valence-corrected chi connectivity index (χ3v) is 0.975. The predicted octanol–water partition coefficient (Wildman–Crippen LogP) is -0.354. The summed E-state index contributed by atoms with van der Waals surface area (Å²) in [4.78, 5) is 0. The van der Waals surface area contributed by atoms with Gasteiger partial charge >= 0.3 is 0 Å². The number of alkyl halides is 1. The first-order chi connectivity index (χ1) is 4.33. The fraction of sp³-hybridized carbons (Fsp3) is 0.400. The predicted molar refractivity (Wildman–Crippen MR) is 33.6 cm³/mol. The summed E-state index contributed by atoms with van der Waals surface area (Å²) in [6.45, 7) is -0.113. The Morgan fingerprint density at radius 2 is 2.56 bits per heavy atom. The molecule has 1 aromatic rings. The molecule has 0 amide bonds. The SMILES string of the molecule is [B]c1ccn(CCF)n1. The number of hydrogen-bond donors (Lipinski definition) is 0. The van der Waals surface area contributed by atoms with Crippen molar-refractivity contribution in [1.29, 1.82) is 0 Å². The molecule has 46 valence electrons. The lowest BCUT2D eigenvalue weighted by Gasteiger charge is -1.92. The van der Waals surface area contributed by atoms with E-state index >= 15 is 0 Å². The van der Waals surface area contributed by atoms with Crippen LogP contribution in [0.4, 0.5) is 4.39 Å². The molecule has 1 heterocycles. The zero-order valence-electron chi connectivity index (χ0n) is 4.92. The van der Waals surface area contributed by atoms with Crippen LogP contribution in [0.5, 0.6) is 0 Å². The minimum absolute atomic E-state index is 0.289. The van der Waals surface area contributed by atoms with E-state index in [1.807, 2.05) is 0 Å². The van der Waals surface area contributed by atoms with Gasteiger partial charge in [0.05, 0.1) is 6.54 Å². The average Bonchev–Trinajstić information content (AvgIpc) is 2.17. The molecular weight excluding hydrogens is 118 g/mol. The van der Waals surface area contributed by atoms with Crippen molar-refractivity contribution >= 4 is 13.4 Å². The Morgan fingerprint density at radius 3 is 3.00 bits per heavy atom. The Labute approximate surface area is 54.1 Å². The van der Waals surface area contributed by atoms with Crippen molar-refractivity contribution in [2.24, 2.45) is 0 Å². The Bertz CT molecular complexity index is 187. The highest BCUT2D eigenvalue weighted by Gasteiger charge is 1.90. The van der Waals surface area contributed by atoms with Gasteiger partial charge < -0.3 is 0 Å². The summed E-state index contributed by atoms with van der Waals surface area (Å²) in [5.41, 5.74) is 0.434. The molecule has 9 heavy (non-hydrogen) atoms. The third-order valence-electron chi connectivity index (χ3n) is 0.975. The molecule has 0 fully saturated rings. The lowest BCUT2D eigenvalue weighted by Crippen LogP contribution is -2.08. The first-order valence-electron chi connectivity index (χ1n) is 2.68. The molecule has 0 N–H and O–H groups in total. The van der Waals surface area contributed by atoms with E-state index in [4.69, 9.17) is 7.85 Å². The zero-order valence-corrected chi connectivity index (χ0v) is 4.92. The van der Waals surface area contributed by atoms with E-state index in [9.17, 15) is 4.39 Å². The van der Waals surface area contributed by atoms with E-state index in [2.05, 4.69) is 5.10 Å². The summed E-state index contributed by atoms with van der Waals surface area (Å²) < 4.78 is 13.1. The molecule has 0 atom stereocenters. The topological polar surface area (TPSA) is 17.8 Å². The number of halogens is 1. The second kappa shape index (κ2) is 2.66. The van der Waals surface area contributed by atoms with Crippen LogP contribution in [-0.4, -0.2) is 24.3 Å². The number of nitrogens with zero attached hydrogens (tertiary/aromatic N) is 2. The van der Waals surface area contributed by atoms with E-state index < -0.39 is 6.67 Å². The van der Waals surface area contributed by atoms with E-state index in [1.165, 1.54) is 4.68 Å². The van der Waals surface area contributed by atoms with Crippen molar-refractivity contribution in [1.82, 2.24) is 9.78 Å². The van der Waals surface area contributed by atoms with Gasteiger partial charge in [-0.25, -0.2) is 4.39 Å². The summed E-state index contributed by atoms with van der Waals surface area (Å²) >= 11 is 0. The van der Waals surface area contributed by atoms with E-state index in [-0.39, 0.29) is 6.54 Å². The maximum absolute atomic E-state index is 11.6. The van der Waals surface area contributed by atoms with Gasteiger partial charge in [-0.05, 0) is 6.07 Å². The van der Waals surface area contributed by atoms with Crippen LogP contribution in [0.15, 0.2) is 12.3 Å². The van der Waals surface area contributed by atoms with Crippen molar-refractivity contribution < 1.29 is 4.39 Å². The highest BCUT2D eigenvalue weighted by atomic mass is 19.1. The molecule has 0 unspecified atom stereocenters. The highest BCUT2D eigenvalue weighted by molar-refractivity contribution is 6.30. The first-order valence-corrected chi connectivity index (χ1v) is 2.68. The standard InChI is InChI=1S/C5H6BFN2/c6-5-1-3-9(8-5)4-2-7/h1,3H,2,4H2. The molecule has 0 aliphatic rings. The van der Waals surface area contributed by atoms with Gasteiger partial charge in [0.2, 0.25) is 0 Å². The molecule has 2 radical (unpaired) electrons. The Morgan fingerprint density at radius 1 is 1.78 bits per heavy atom. The monoisotopic (exact) mass is 124 g/mol. The maximum Gasteiger partial charge on any atom is 0.144 e. The van der Waals surface area contributed by atoms with Crippen LogP contribution in [0.3, 0.4) is 0 Å². The van der Waals surface area contributed by atoms with Crippen molar-refractivity contribution in [2.75, 3.05) is 6.67 Å². The van der Waals surface area contributed by atoms with Crippen molar-refractivity contribution in [3.63, 3.8) is 0 Å². The van der Waals surface area contributed by atoms with E-state index in [0.29, 0.717) is 5.59 Å². The van der Waals surface area contributed by atoms with E-state index in [1.54, 1.807) is 12.3 Å². The van der Waals surface area contributed by atoms with Gasteiger partial charge in [0.25, 0.3) is 0 Å². The maximum atomic E-state index is 11.6. The largest absolute Gasteiger partial charge is 0.271 e. The lowest BCUT2D eigenvalue weighted by atomic mass is 10.1. The summed E-state index contributed by atoms with van der Waals surface area (Å²) in [7, 11) is 5.25. The number of aromatic nitrogens is 2. The second-order valence-electron chi connectivity index (χ2n) is 1.69. The van der Waals surface area contributed by atoms with Gasteiger partial charge in [-0.1, -0.05) is 0 Å². The quantitative estimate of drug-likeness (QED) is 0.492. The van der Waals surface area contributed by atoms with Gasteiger partial charge in [-0.2, -0.15) is 5.10 Å². The third kappa shape index (κ3) is 1.55. The lowest BCUT2D eigenvalue weighted by molar-refractivity contribution is 0.428. The smallest absolute Gasteiger partial charge is 0.144 e. The van der Waals surface area contributed by atoms with Gasteiger partial charge in [0.1, 0.15) is 14.5 Å². The second-order valence-corrected chi connectivity index (χ2v) is 1.69. The molecule has 0 bridgehead atoms. The van der Waals surface area contributed by atoms with Crippen LogP contribution in [0.1, 0.15) is 0 Å². The van der Waals surface area contributed by atoms with Gasteiger partial charge in [0, 0.05) is 11.8 Å². The number of aryl methyl sites for hydroxylation is 1. The molecule has 1 rings (SSSR count). The molecule has 4 heteroatoms. The molecule has 0 saturated carbocycles. The minimum Gasteiger partial charge on any atom is -0.271 e. The fourth-order valence-corrected chi connectivity index (χ4v) is 0.589. The van der Waals surface area contributed by atoms with E-state index in [0.717, 1.165) is 0 Å². The Kier molecular flexibility index (Phi) is 1.87. The summed E-state index contributed by atoms with van der Waals surface area (Å²) in [6, 6.07) is 1.63. The van der Waals surface area contributed by atoms with Crippen molar-refractivity contribution in [3.8, 4) is 0 Å². The summed E-state index contributed by atoms with van der Waals surface area (Å²) in [5, 5.41) is 3.75. The van der Waals surface area contributed by atoms with Crippen LogP contribution in [0, 0.1) is 0 Å². The molecule has 0 aliphatic heterocycles. The Balaban J connectivity index is 2.61. The van der Waals surface area contributed by atoms with Gasteiger partial charge in [-0.15, -0.1) is 0 Å². The molecule has 0 saturated heterocycles. The average molecular weight is 124 g/mol. The van der Waals surface area contributed by atoms with Crippen LogP contribution >= 0.6 is 0 Å². The molecule has 0 aromatic carbocycles.